The van der Waals surface area contributed by atoms with E-state index in [9.17, 15) is 5.11 Å². The summed E-state index contributed by atoms with van der Waals surface area (Å²) in [6, 6.07) is 7.74. The van der Waals surface area contributed by atoms with Crippen LogP contribution in [0, 0.1) is 16.1 Å². The van der Waals surface area contributed by atoms with E-state index in [-0.39, 0.29) is 11.3 Å². The molecule has 6 heteroatoms. The Morgan fingerprint density at radius 3 is 2.74 bits per heavy atom. The lowest BCUT2D eigenvalue weighted by atomic mass is 9.79. The van der Waals surface area contributed by atoms with Crippen LogP contribution < -0.4 is 0 Å². The fraction of sp³-hybridized carbons (Fsp3) is 0.412. The van der Waals surface area contributed by atoms with E-state index < -0.39 is 6.23 Å². The number of aromatic nitrogens is 3. The second-order valence-corrected chi connectivity index (χ2v) is 7.51. The van der Waals surface area contributed by atoms with Gasteiger partial charge in [-0.05, 0) is 48.2 Å². The fourth-order valence-electron chi connectivity index (χ4n) is 3.40. The molecule has 1 aromatic heterocycles. The van der Waals surface area contributed by atoms with Crippen molar-refractivity contribution in [2.24, 2.45) is 11.3 Å². The summed E-state index contributed by atoms with van der Waals surface area (Å²) in [5.41, 5.74) is 2.28. The van der Waals surface area contributed by atoms with Crippen molar-refractivity contribution < 1.29 is 5.11 Å². The molecule has 0 aliphatic heterocycles. The van der Waals surface area contributed by atoms with Crippen molar-refractivity contribution in [3.05, 3.63) is 51.5 Å². The molecular weight excluding hydrogens is 330 g/mol. The second-order valence-electron chi connectivity index (χ2n) is 6.69. The molecule has 4 nitrogen and oxygen atoms in total. The van der Waals surface area contributed by atoms with Gasteiger partial charge in [0, 0.05) is 10.9 Å². The highest BCUT2D eigenvalue weighted by atomic mass is 35.5. The first-order valence-corrected chi connectivity index (χ1v) is 8.43. The third-order valence-electron chi connectivity index (χ3n) is 4.65. The molecule has 0 saturated heterocycles. The van der Waals surface area contributed by atoms with Crippen LogP contribution in [0.5, 0.6) is 0 Å². The van der Waals surface area contributed by atoms with Crippen LogP contribution in [0.4, 0.5) is 0 Å². The number of hydrogen-bond donors (Lipinski definition) is 2. The Morgan fingerprint density at radius 1 is 1.43 bits per heavy atom. The standard InChI is InChI=1S/C17H20ClN3OS/c1-17(2)8-7-12(9-11-3-5-13(18)6-4-11)14(17)15(22)21-16(23)19-10-20-21/h3-6,9-10,14-15,22H,7-8H2,1-2H3,(H,19,20,23). The van der Waals surface area contributed by atoms with E-state index >= 15 is 0 Å². The Balaban J connectivity index is 1.98. The molecule has 1 aliphatic carbocycles. The summed E-state index contributed by atoms with van der Waals surface area (Å²) in [4.78, 5) is 2.84. The number of hydrogen-bond acceptors (Lipinski definition) is 3. The average molecular weight is 350 g/mol. The molecule has 2 aromatic rings. The maximum atomic E-state index is 10.9. The number of H-pyrrole nitrogens is 1. The molecule has 1 fully saturated rings. The molecule has 0 spiro atoms. The summed E-state index contributed by atoms with van der Waals surface area (Å²) >= 11 is 11.2. The highest BCUT2D eigenvalue weighted by Crippen LogP contribution is 2.51. The minimum Gasteiger partial charge on any atom is -0.371 e. The summed E-state index contributed by atoms with van der Waals surface area (Å²) in [6.07, 6.45) is 4.86. The Hall–Kier alpha value is -1.43. The van der Waals surface area contributed by atoms with Crippen LogP contribution in [0.1, 0.15) is 38.5 Å². The Kier molecular flexibility index (Phi) is 4.45. The highest BCUT2D eigenvalue weighted by Gasteiger charge is 2.43. The number of aromatic amines is 1. The number of nitrogens with zero attached hydrogens (tertiary/aromatic N) is 2. The van der Waals surface area contributed by atoms with Gasteiger partial charge in [0.25, 0.3) is 0 Å². The molecule has 1 aliphatic rings. The molecule has 2 unspecified atom stereocenters. The van der Waals surface area contributed by atoms with E-state index in [0.717, 1.165) is 23.4 Å². The Morgan fingerprint density at radius 2 is 2.13 bits per heavy atom. The lowest BCUT2D eigenvalue weighted by Gasteiger charge is -2.31. The molecule has 0 bridgehead atoms. The molecule has 0 radical (unpaired) electrons. The van der Waals surface area contributed by atoms with Gasteiger partial charge in [-0.1, -0.05) is 49.2 Å². The number of aliphatic hydroxyl groups excluding tert-OH is 1. The van der Waals surface area contributed by atoms with Gasteiger partial charge in [-0.15, -0.1) is 0 Å². The van der Waals surface area contributed by atoms with Gasteiger partial charge in [0.15, 0.2) is 11.0 Å². The van der Waals surface area contributed by atoms with Crippen LogP contribution in [-0.4, -0.2) is 19.9 Å². The summed E-state index contributed by atoms with van der Waals surface area (Å²) in [5.74, 6) is -0.0341. The number of rotatable bonds is 3. The van der Waals surface area contributed by atoms with Gasteiger partial charge < -0.3 is 10.1 Å². The number of benzene rings is 1. The molecule has 122 valence electrons. The first-order valence-electron chi connectivity index (χ1n) is 7.65. The average Bonchev–Trinajstić information content (AvgIpc) is 3.04. The van der Waals surface area contributed by atoms with Crippen LogP contribution in [0.25, 0.3) is 6.08 Å². The molecule has 23 heavy (non-hydrogen) atoms. The van der Waals surface area contributed by atoms with Crippen LogP contribution in [0.15, 0.2) is 36.2 Å². The lowest BCUT2D eigenvalue weighted by Crippen LogP contribution is -2.29. The van der Waals surface area contributed by atoms with Crippen LogP contribution in [0.3, 0.4) is 0 Å². The molecule has 1 heterocycles. The zero-order valence-corrected chi connectivity index (χ0v) is 14.7. The first-order chi connectivity index (χ1) is 10.9. The fourth-order valence-corrected chi connectivity index (χ4v) is 3.74. The monoisotopic (exact) mass is 349 g/mol. The minimum absolute atomic E-state index is 0.0224. The van der Waals surface area contributed by atoms with Gasteiger partial charge in [-0.3, -0.25) is 0 Å². The SMILES string of the molecule is CC1(C)CCC(=Cc2ccc(Cl)cc2)C1C(O)n1nc[nH]c1=S. The van der Waals surface area contributed by atoms with Gasteiger partial charge in [0.1, 0.15) is 6.33 Å². The maximum absolute atomic E-state index is 10.9. The van der Waals surface area contributed by atoms with E-state index in [1.165, 1.54) is 16.6 Å². The highest BCUT2D eigenvalue weighted by molar-refractivity contribution is 7.71. The van der Waals surface area contributed by atoms with Gasteiger partial charge in [0.05, 0.1) is 0 Å². The lowest BCUT2D eigenvalue weighted by molar-refractivity contribution is 0.00335. The van der Waals surface area contributed by atoms with E-state index in [2.05, 4.69) is 30.0 Å². The van der Waals surface area contributed by atoms with Crippen LogP contribution in [-0.2, 0) is 0 Å². The predicted octanol–water partition coefficient (Wildman–Crippen LogP) is 4.60. The van der Waals surface area contributed by atoms with Crippen molar-refractivity contribution in [1.29, 1.82) is 0 Å². The van der Waals surface area contributed by atoms with Gasteiger partial charge in [0.2, 0.25) is 0 Å². The second kappa shape index (κ2) is 6.23. The molecule has 1 aromatic carbocycles. The van der Waals surface area contributed by atoms with Crippen LogP contribution >= 0.6 is 23.8 Å². The smallest absolute Gasteiger partial charge is 0.197 e. The van der Waals surface area contributed by atoms with Crippen molar-refractivity contribution in [3.8, 4) is 0 Å². The molecule has 1 saturated carbocycles. The zero-order chi connectivity index (χ0) is 16.6. The third kappa shape index (κ3) is 3.27. The third-order valence-corrected chi connectivity index (χ3v) is 5.21. The molecule has 2 N–H and O–H groups in total. The minimum atomic E-state index is -0.773. The topological polar surface area (TPSA) is 53.8 Å². The van der Waals surface area contributed by atoms with Crippen LogP contribution in [0.2, 0.25) is 5.02 Å². The Bertz CT molecular complexity index is 776. The summed E-state index contributed by atoms with van der Waals surface area (Å²) in [5, 5.41) is 15.7. The Labute approximate surface area is 145 Å². The summed E-state index contributed by atoms with van der Waals surface area (Å²) < 4.78 is 1.93. The van der Waals surface area contributed by atoms with E-state index in [4.69, 9.17) is 23.8 Å². The van der Waals surface area contributed by atoms with Gasteiger partial charge >= 0.3 is 0 Å². The number of aliphatic hydroxyl groups is 1. The largest absolute Gasteiger partial charge is 0.371 e. The molecule has 0 amide bonds. The van der Waals surface area contributed by atoms with Gasteiger partial charge in [-0.2, -0.15) is 5.10 Å². The molecule has 2 atom stereocenters. The summed E-state index contributed by atoms with van der Waals surface area (Å²) in [6.45, 7) is 4.36. The molecule has 3 rings (SSSR count). The maximum Gasteiger partial charge on any atom is 0.197 e. The molecular formula is C17H20ClN3OS. The normalized spacial score (nSPS) is 23.3. The predicted molar refractivity (Wildman–Crippen MR) is 94.6 cm³/mol. The van der Waals surface area contributed by atoms with Crippen molar-refractivity contribution >= 4 is 29.9 Å². The van der Waals surface area contributed by atoms with E-state index in [1.54, 1.807) is 0 Å². The van der Waals surface area contributed by atoms with Crippen molar-refractivity contribution in [1.82, 2.24) is 14.8 Å². The van der Waals surface area contributed by atoms with Gasteiger partial charge in [-0.25, -0.2) is 4.68 Å². The number of halogens is 1. The van der Waals surface area contributed by atoms with Crippen molar-refractivity contribution in [2.75, 3.05) is 0 Å². The number of nitrogens with one attached hydrogen (secondary N) is 1. The summed E-state index contributed by atoms with van der Waals surface area (Å²) in [7, 11) is 0. The zero-order valence-electron chi connectivity index (χ0n) is 13.2. The van der Waals surface area contributed by atoms with E-state index in [0.29, 0.717) is 4.77 Å². The van der Waals surface area contributed by atoms with E-state index in [1.807, 2.05) is 24.3 Å². The van der Waals surface area contributed by atoms with Crippen molar-refractivity contribution in [3.63, 3.8) is 0 Å². The van der Waals surface area contributed by atoms with Crippen molar-refractivity contribution in [2.45, 2.75) is 32.9 Å². The first kappa shape index (κ1) is 16.4. The quantitative estimate of drug-likeness (QED) is 0.796.